The van der Waals surface area contributed by atoms with E-state index in [1.54, 1.807) is 37.3 Å². The molecule has 4 rings (SSSR count). The molecular weight excluding hydrogens is 452 g/mol. The van der Waals surface area contributed by atoms with Gasteiger partial charge in [-0.05, 0) is 42.8 Å². The molecule has 1 unspecified atom stereocenters. The average Bonchev–Trinajstić information content (AvgIpc) is 3.17. The maximum atomic E-state index is 12.8. The summed E-state index contributed by atoms with van der Waals surface area (Å²) in [5.41, 5.74) is 1.67. The van der Waals surface area contributed by atoms with Gasteiger partial charge in [0.1, 0.15) is 12.3 Å². The topological polar surface area (TPSA) is 101 Å². The van der Waals surface area contributed by atoms with Gasteiger partial charge in [-0.3, -0.25) is 19.3 Å². The van der Waals surface area contributed by atoms with E-state index < -0.39 is 6.10 Å². The summed E-state index contributed by atoms with van der Waals surface area (Å²) in [6.07, 6.45) is 0.195. The van der Waals surface area contributed by atoms with E-state index in [2.05, 4.69) is 15.6 Å². The van der Waals surface area contributed by atoms with Crippen LogP contribution in [0.3, 0.4) is 0 Å². The van der Waals surface area contributed by atoms with Crippen LogP contribution in [0.15, 0.2) is 36.4 Å². The van der Waals surface area contributed by atoms with E-state index in [-0.39, 0.29) is 24.3 Å². The first kappa shape index (κ1) is 22.0. The lowest BCUT2D eigenvalue weighted by Crippen LogP contribution is -2.48. The van der Waals surface area contributed by atoms with Crippen molar-refractivity contribution in [3.8, 4) is 5.75 Å². The van der Waals surface area contributed by atoms with E-state index in [0.29, 0.717) is 45.6 Å². The van der Waals surface area contributed by atoms with Crippen LogP contribution in [0.2, 0.25) is 5.02 Å². The van der Waals surface area contributed by atoms with Crippen molar-refractivity contribution < 1.29 is 19.1 Å². The lowest BCUT2D eigenvalue weighted by atomic mass is 10.1. The number of benzene rings is 2. The molecule has 32 heavy (non-hydrogen) atoms. The monoisotopic (exact) mass is 472 g/mol. The molecule has 0 radical (unpaired) electrons. The first-order valence-electron chi connectivity index (χ1n) is 10.2. The molecule has 166 valence electrons. The Bertz CT molecular complexity index is 1210. The first-order valence-corrected chi connectivity index (χ1v) is 11.3. The summed E-state index contributed by atoms with van der Waals surface area (Å²) in [5, 5.41) is 6.50. The number of nitrogens with zero attached hydrogens (tertiary/aromatic N) is 2. The molecule has 3 amide bonds. The molecule has 10 heteroatoms. The first-order chi connectivity index (χ1) is 15.4. The summed E-state index contributed by atoms with van der Waals surface area (Å²) in [7, 11) is 0. The van der Waals surface area contributed by atoms with Crippen LogP contribution in [0.4, 0.5) is 16.5 Å². The largest absolute Gasteiger partial charge is 0.478 e. The zero-order chi connectivity index (χ0) is 22.8. The zero-order valence-corrected chi connectivity index (χ0v) is 19.0. The number of thiazole rings is 1. The van der Waals surface area contributed by atoms with Gasteiger partial charge in [-0.2, -0.15) is 0 Å². The Balaban J connectivity index is 1.52. The summed E-state index contributed by atoms with van der Waals surface area (Å²) in [6.45, 7) is 3.44. The molecule has 0 bridgehead atoms. The number of ether oxygens (including phenoxy) is 1. The molecular formula is C22H21ClN4O4S. The summed E-state index contributed by atoms with van der Waals surface area (Å²) >= 11 is 7.46. The predicted octanol–water partition coefficient (Wildman–Crippen LogP) is 4.44. The van der Waals surface area contributed by atoms with Crippen LogP contribution in [0, 0.1) is 0 Å². The number of amides is 3. The van der Waals surface area contributed by atoms with Crippen molar-refractivity contribution in [2.45, 2.75) is 32.8 Å². The Kier molecular flexibility index (Phi) is 6.29. The van der Waals surface area contributed by atoms with E-state index in [0.717, 1.165) is 4.70 Å². The minimum Gasteiger partial charge on any atom is -0.478 e. The smallest absolute Gasteiger partial charge is 0.268 e. The maximum absolute atomic E-state index is 12.8. The SMILES string of the molecule is CCC(=O)Nc1nc2cc(NC(=O)CN3C(=O)C(CC)Oc4ccc(Cl)cc43)ccc2s1. The van der Waals surface area contributed by atoms with E-state index >= 15 is 0 Å². The van der Waals surface area contributed by atoms with Gasteiger partial charge < -0.3 is 15.4 Å². The van der Waals surface area contributed by atoms with Crippen molar-refractivity contribution >= 4 is 67.4 Å². The second-order valence-corrected chi connectivity index (χ2v) is 8.67. The van der Waals surface area contributed by atoms with Crippen molar-refractivity contribution in [1.29, 1.82) is 0 Å². The number of halogens is 1. The minimum atomic E-state index is -0.653. The van der Waals surface area contributed by atoms with Crippen molar-refractivity contribution in [2.75, 3.05) is 22.1 Å². The molecule has 8 nitrogen and oxygen atoms in total. The standard InChI is InChI=1S/C22H21ClN4O4S/c1-3-16-21(30)27(15-9-12(23)5-7-17(15)31-16)11-20(29)24-13-6-8-18-14(10-13)25-22(32-18)26-19(28)4-2/h5-10,16H,3-4,11H2,1-2H3,(H,24,29)(H,25,26,28). The Morgan fingerprint density at radius 1 is 1.16 bits per heavy atom. The molecule has 1 atom stereocenters. The van der Waals surface area contributed by atoms with Crippen LogP contribution >= 0.6 is 22.9 Å². The fourth-order valence-corrected chi connectivity index (χ4v) is 4.36. The molecule has 0 saturated carbocycles. The maximum Gasteiger partial charge on any atom is 0.268 e. The molecule has 2 heterocycles. The van der Waals surface area contributed by atoms with Gasteiger partial charge in [0.2, 0.25) is 11.8 Å². The summed E-state index contributed by atoms with van der Waals surface area (Å²) < 4.78 is 6.63. The Hall–Kier alpha value is -3.17. The fourth-order valence-electron chi connectivity index (χ4n) is 3.33. The van der Waals surface area contributed by atoms with Gasteiger partial charge in [-0.1, -0.05) is 36.8 Å². The van der Waals surface area contributed by atoms with Crippen molar-refractivity contribution in [2.24, 2.45) is 0 Å². The van der Waals surface area contributed by atoms with Crippen molar-refractivity contribution in [3.63, 3.8) is 0 Å². The molecule has 2 N–H and O–H groups in total. The van der Waals surface area contributed by atoms with E-state index in [4.69, 9.17) is 16.3 Å². The number of anilines is 3. The molecule has 1 aliphatic heterocycles. The van der Waals surface area contributed by atoms with Gasteiger partial charge in [0.15, 0.2) is 11.2 Å². The van der Waals surface area contributed by atoms with Crippen LogP contribution in [-0.2, 0) is 14.4 Å². The summed E-state index contributed by atoms with van der Waals surface area (Å²) in [4.78, 5) is 43.0. The Morgan fingerprint density at radius 3 is 2.72 bits per heavy atom. The third kappa shape index (κ3) is 4.53. The highest BCUT2D eigenvalue weighted by Crippen LogP contribution is 2.37. The quantitative estimate of drug-likeness (QED) is 0.552. The van der Waals surface area contributed by atoms with E-state index in [1.807, 2.05) is 13.0 Å². The normalized spacial score (nSPS) is 15.3. The summed E-state index contributed by atoms with van der Waals surface area (Å²) in [6, 6.07) is 10.3. The Morgan fingerprint density at radius 2 is 1.97 bits per heavy atom. The Labute approximate surface area is 193 Å². The number of hydrogen-bond acceptors (Lipinski definition) is 6. The van der Waals surface area contributed by atoms with Gasteiger partial charge >= 0.3 is 0 Å². The van der Waals surface area contributed by atoms with Gasteiger partial charge in [-0.15, -0.1) is 0 Å². The second kappa shape index (κ2) is 9.13. The lowest BCUT2D eigenvalue weighted by Gasteiger charge is -2.33. The molecule has 0 saturated heterocycles. The molecule has 3 aromatic rings. The number of carbonyl (C=O) groups excluding carboxylic acids is 3. The number of hydrogen-bond donors (Lipinski definition) is 2. The molecule has 0 spiro atoms. The fraction of sp³-hybridized carbons (Fsp3) is 0.273. The third-order valence-corrected chi connectivity index (χ3v) is 6.12. The molecule has 1 aliphatic rings. The van der Waals surface area contributed by atoms with Gasteiger partial charge in [0, 0.05) is 17.1 Å². The van der Waals surface area contributed by atoms with Crippen LogP contribution in [0.25, 0.3) is 10.2 Å². The number of carbonyl (C=O) groups is 3. The third-order valence-electron chi connectivity index (χ3n) is 4.93. The van der Waals surface area contributed by atoms with Crippen LogP contribution in [0.1, 0.15) is 26.7 Å². The highest BCUT2D eigenvalue weighted by molar-refractivity contribution is 7.22. The molecule has 1 aromatic heterocycles. The highest BCUT2D eigenvalue weighted by Gasteiger charge is 2.34. The average molecular weight is 473 g/mol. The van der Waals surface area contributed by atoms with Crippen molar-refractivity contribution in [1.82, 2.24) is 4.98 Å². The number of aromatic nitrogens is 1. The van der Waals surface area contributed by atoms with Gasteiger partial charge in [-0.25, -0.2) is 4.98 Å². The van der Waals surface area contributed by atoms with E-state index in [9.17, 15) is 14.4 Å². The number of nitrogens with one attached hydrogen (secondary N) is 2. The molecule has 0 aliphatic carbocycles. The van der Waals surface area contributed by atoms with Gasteiger partial charge in [0.05, 0.1) is 15.9 Å². The zero-order valence-electron chi connectivity index (χ0n) is 17.5. The number of rotatable bonds is 6. The molecule has 0 fully saturated rings. The summed E-state index contributed by atoms with van der Waals surface area (Å²) in [5.74, 6) is -0.253. The van der Waals surface area contributed by atoms with Crippen LogP contribution < -0.4 is 20.3 Å². The van der Waals surface area contributed by atoms with E-state index in [1.165, 1.54) is 16.2 Å². The minimum absolute atomic E-state index is 0.112. The van der Waals surface area contributed by atoms with Crippen LogP contribution in [-0.4, -0.2) is 35.4 Å². The second-order valence-electron chi connectivity index (χ2n) is 7.20. The van der Waals surface area contributed by atoms with Gasteiger partial charge in [0.25, 0.3) is 5.91 Å². The molecule has 2 aromatic carbocycles. The predicted molar refractivity (Wildman–Crippen MR) is 126 cm³/mol. The van der Waals surface area contributed by atoms with Crippen LogP contribution in [0.5, 0.6) is 5.75 Å². The number of fused-ring (bicyclic) bond motifs is 2. The lowest BCUT2D eigenvalue weighted by molar-refractivity contribution is -0.128. The highest BCUT2D eigenvalue weighted by atomic mass is 35.5. The van der Waals surface area contributed by atoms with Crippen molar-refractivity contribution in [3.05, 3.63) is 41.4 Å².